The second-order valence-electron chi connectivity index (χ2n) is 8.67. The molecule has 34 heavy (non-hydrogen) atoms. The Bertz CT molecular complexity index is 1360. The van der Waals surface area contributed by atoms with Crippen LogP contribution in [0.25, 0.3) is 16.6 Å². The highest BCUT2D eigenvalue weighted by atomic mass is 16.3. The number of amides is 1. The van der Waals surface area contributed by atoms with E-state index < -0.39 is 6.04 Å². The molecule has 0 radical (unpaired) electrons. The van der Waals surface area contributed by atoms with Crippen molar-refractivity contribution in [3.63, 3.8) is 0 Å². The van der Waals surface area contributed by atoms with Gasteiger partial charge in [-0.1, -0.05) is 32.0 Å². The van der Waals surface area contributed by atoms with E-state index in [2.05, 4.69) is 0 Å². The van der Waals surface area contributed by atoms with Gasteiger partial charge in [0, 0.05) is 6.42 Å². The van der Waals surface area contributed by atoms with Crippen LogP contribution in [0, 0.1) is 13.8 Å². The minimum atomic E-state index is -0.400. The molecule has 0 saturated heterocycles. The van der Waals surface area contributed by atoms with Crippen molar-refractivity contribution in [3.05, 3.63) is 93.9 Å². The third-order valence-corrected chi connectivity index (χ3v) is 6.30. The summed E-state index contributed by atoms with van der Waals surface area (Å²) in [4.78, 5) is 33.9. The molecule has 0 spiro atoms. The first kappa shape index (κ1) is 23.5. The number of nitrogens with zero attached hydrogens (tertiary/aromatic N) is 3. The van der Waals surface area contributed by atoms with Crippen LogP contribution < -0.4 is 5.56 Å². The summed E-state index contributed by atoms with van der Waals surface area (Å²) in [6.07, 6.45) is 3.36. The van der Waals surface area contributed by atoms with Crippen molar-refractivity contribution >= 4 is 16.8 Å². The first-order chi connectivity index (χ1) is 16.4. The molecule has 2 aromatic heterocycles. The predicted octanol–water partition coefficient (Wildman–Crippen LogP) is 5.88. The molecule has 6 nitrogen and oxygen atoms in total. The van der Waals surface area contributed by atoms with E-state index in [4.69, 9.17) is 9.40 Å². The average Bonchev–Trinajstić information content (AvgIpc) is 3.34. The highest BCUT2D eigenvalue weighted by molar-refractivity contribution is 5.79. The van der Waals surface area contributed by atoms with Crippen molar-refractivity contribution in [2.24, 2.45) is 0 Å². The van der Waals surface area contributed by atoms with Gasteiger partial charge >= 0.3 is 0 Å². The van der Waals surface area contributed by atoms with Gasteiger partial charge in [0.1, 0.15) is 11.6 Å². The Morgan fingerprint density at radius 2 is 1.85 bits per heavy atom. The van der Waals surface area contributed by atoms with E-state index in [1.54, 1.807) is 21.8 Å². The maximum atomic E-state index is 13.8. The van der Waals surface area contributed by atoms with Gasteiger partial charge in [-0.05, 0) is 74.2 Å². The van der Waals surface area contributed by atoms with Crippen LogP contribution in [-0.4, -0.2) is 20.4 Å². The highest BCUT2D eigenvalue weighted by Gasteiger charge is 2.29. The minimum Gasteiger partial charge on any atom is -0.467 e. The number of carbonyl (C=O) groups is 1. The molecule has 0 bridgehead atoms. The molecule has 0 aliphatic rings. The molecule has 0 aliphatic carbocycles. The molecule has 0 fully saturated rings. The van der Waals surface area contributed by atoms with Crippen molar-refractivity contribution in [2.45, 2.75) is 59.5 Å². The normalized spacial score (nSPS) is 12.1. The monoisotopic (exact) mass is 457 g/mol. The lowest BCUT2D eigenvalue weighted by Gasteiger charge is -2.32. The molecule has 0 saturated carbocycles. The second-order valence-corrected chi connectivity index (χ2v) is 8.67. The molecule has 1 amide bonds. The van der Waals surface area contributed by atoms with Crippen LogP contribution in [0.5, 0.6) is 0 Å². The summed E-state index contributed by atoms with van der Waals surface area (Å²) in [6.45, 7) is 8.41. The van der Waals surface area contributed by atoms with Gasteiger partial charge in [-0.25, -0.2) is 4.98 Å². The van der Waals surface area contributed by atoms with Crippen LogP contribution in [-0.2, 0) is 11.3 Å². The zero-order valence-electron chi connectivity index (χ0n) is 20.2. The highest BCUT2D eigenvalue weighted by Crippen LogP contribution is 2.29. The van der Waals surface area contributed by atoms with Gasteiger partial charge in [0.25, 0.3) is 5.56 Å². The van der Waals surface area contributed by atoms with Crippen molar-refractivity contribution in [1.29, 1.82) is 0 Å². The van der Waals surface area contributed by atoms with Crippen LogP contribution in [0.4, 0.5) is 0 Å². The topological polar surface area (TPSA) is 68.3 Å². The van der Waals surface area contributed by atoms with Crippen molar-refractivity contribution in [3.8, 4) is 5.69 Å². The van der Waals surface area contributed by atoms with Gasteiger partial charge in [-0.2, -0.15) is 0 Å². The van der Waals surface area contributed by atoms with Crippen LogP contribution in [0.15, 0.2) is 70.1 Å². The fourth-order valence-electron chi connectivity index (χ4n) is 4.33. The molecule has 6 heteroatoms. The zero-order valence-corrected chi connectivity index (χ0v) is 20.2. The number of para-hydroxylation sites is 1. The molecule has 1 unspecified atom stereocenters. The van der Waals surface area contributed by atoms with E-state index in [0.29, 0.717) is 41.9 Å². The van der Waals surface area contributed by atoms with Gasteiger partial charge in [0.15, 0.2) is 0 Å². The second kappa shape index (κ2) is 10.1. The average molecular weight is 458 g/mol. The minimum absolute atomic E-state index is 0.0137. The van der Waals surface area contributed by atoms with Crippen LogP contribution in [0.2, 0.25) is 0 Å². The number of benzene rings is 2. The van der Waals surface area contributed by atoms with Gasteiger partial charge in [-0.3, -0.25) is 14.2 Å². The number of carbonyl (C=O) groups excluding carboxylic acids is 1. The van der Waals surface area contributed by atoms with Gasteiger partial charge in [-0.15, -0.1) is 0 Å². The zero-order chi connectivity index (χ0) is 24.2. The maximum Gasteiger partial charge on any atom is 0.266 e. The molecule has 2 heterocycles. The predicted molar refractivity (Wildman–Crippen MR) is 134 cm³/mol. The largest absolute Gasteiger partial charge is 0.467 e. The summed E-state index contributed by atoms with van der Waals surface area (Å²) in [5.41, 5.74) is 3.48. The lowest BCUT2D eigenvalue weighted by atomic mass is 10.1. The maximum absolute atomic E-state index is 13.8. The third-order valence-electron chi connectivity index (χ3n) is 6.30. The SMILES string of the molecule is CCCC(=O)N(Cc1ccco1)C(CC)c1nc2ccccc2c(=O)n1-c1ccc(C)c(C)c1. The van der Waals surface area contributed by atoms with E-state index in [9.17, 15) is 9.59 Å². The molecular formula is C28H31N3O3. The van der Waals surface area contributed by atoms with E-state index in [-0.39, 0.29) is 11.5 Å². The first-order valence-electron chi connectivity index (χ1n) is 11.9. The van der Waals surface area contributed by atoms with Crippen molar-refractivity contribution < 1.29 is 9.21 Å². The molecule has 0 N–H and O–H groups in total. The van der Waals surface area contributed by atoms with E-state index in [1.165, 1.54) is 0 Å². The Hall–Kier alpha value is -3.67. The van der Waals surface area contributed by atoms with Gasteiger partial charge in [0.05, 0.1) is 35.4 Å². The van der Waals surface area contributed by atoms with E-state index in [1.807, 2.05) is 76.2 Å². The number of aromatic nitrogens is 2. The molecule has 4 rings (SSSR count). The number of rotatable bonds is 8. The fraction of sp³-hybridized carbons (Fsp3) is 0.321. The number of hydrogen-bond acceptors (Lipinski definition) is 4. The van der Waals surface area contributed by atoms with Crippen LogP contribution >= 0.6 is 0 Å². The number of hydrogen-bond donors (Lipinski definition) is 0. The lowest BCUT2D eigenvalue weighted by molar-refractivity contribution is -0.135. The Morgan fingerprint density at radius 1 is 1.06 bits per heavy atom. The van der Waals surface area contributed by atoms with E-state index in [0.717, 1.165) is 23.2 Å². The van der Waals surface area contributed by atoms with Crippen molar-refractivity contribution in [2.75, 3.05) is 0 Å². The van der Waals surface area contributed by atoms with Gasteiger partial charge in [0.2, 0.25) is 5.91 Å². The number of aryl methyl sites for hydroxylation is 2. The van der Waals surface area contributed by atoms with Crippen LogP contribution in [0.3, 0.4) is 0 Å². The summed E-state index contributed by atoms with van der Waals surface area (Å²) >= 11 is 0. The smallest absolute Gasteiger partial charge is 0.266 e. The molecule has 1 atom stereocenters. The third kappa shape index (κ3) is 4.53. The quantitative estimate of drug-likeness (QED) is 0.332. The Balaban J connectivity index is 1.96. The Morgan fingerprint density at radius 3 is 2.53 bits per heavy atom. The standard InChI is InChI=1S/C28H31N3O3/c1-5-10-26(32)30(18-22-11-9-16-34-22)25(6-2)27-29-24-13-8-7-12-23(24)28(33)31(27)21-15-14-19(3)20(4)17-21/h7-9,11-17,25H,5-6,10,18H2,1-4H3. The Kier molecular flexibility index (Phi) is 6.96. The summed E-state index contributed by atoms with van der Waals surface area (Å²) in [5, 5.41) is 0.553. The summed E-state index contributed by atoms with van der Waals surface area (Å²) in [6, 6.07) is 16.6. The molecule has 176 valence electrons. The lowest BCUT2D eigenvalue weighted by Crippen LogP contribution is -2.38. The first-order valence-corrected chi connectivity index (χ1v) is 11.9. The molecule has 0 aliphatic heterocycles. The summed E-state index contributed by atoms with van der Waals surface area (Å²) in [5.74, 6) is 1.27. The fourth-order valence-corrected chi connectivity index (χ4v) is 4.33. The van der Waals surface area contributed by atoms with Gasteiger partial charge < -0.3 is 9.32 Å². The molecule has 4 aromatic rings. The Labute approximate surface area is 199 Å². The van der Waals surface area contributed by atoms with E-state index >= 15 is 0 Å². The molecule has 2 aromatic carbocycles. The van der Waals surface area contributed by atoms with Crippen LogP contribution in [0.1, 0.15) is 61.9 Å². The summed E-state index contributed by atoms with van der Waals surface area (Å²) in [7, 11) is 0. The number of furan rings is 1. The number of fused-ring (bicyclic) bond motifs is 1. The molecular weight excluding hydrogens is 426 g/mol. The van der Waals surface area contributed by atoms with Crippen molar-refractivity contribution in [1.82, 2.24) is 14.5 Å². The summed E-state index contributed by atoms with van der Waals surface area (Å²) < 4.78 is 7.26.